The molecule has 1 fully saturated rings. The summed E-state index contributed by atoms with van der Waals surface area (Å²) in [6, 6.07) is 14.9. The van der Waals surface area contributed by atoms with E-state index in [4.69, 9.17) is 7.16 Å². The highest BCUT2D eigenvalue weighted by atomic mass is 16.3. The van der Waals surface area contributed by atoms with E-state index in [-0.39, 0.29) is 0 Å². The van der Waals surface area contributed by atoms with Crippen LogP contribution in [0.25, 0.3) is 33.2 Å². The van der Waals surface area contributed by atoms with Gasteiger partial charge in [-0.15, -0.1) is 0 Å². The minimum atomic E-state index is -0.643. The fraction of sp³-hybridized carbons (Fsp3) is 0.292. The van der Waals surface area contributed by atoms with Crippen LogP contribution in [-0.4, -0.2) is 0 Å². The van der Waals surface area contributed by atoms with Crippen molar-refractivity contribution in [1.29, 1.82) is 0 Å². The van der Waals surface area contributed by atoms with Crippen molar-refractivity contribution in [1.82, 2.24) is 0 Å². The minimum Gasteiger partial charge on any atom is -0.455 e. The Labute approximate surface area is 156 Å². The number of pyridine rings is 1. The van der Waals surface area contributed by atoms with Crippen molar-refractivity contribution in [3.05, 3.63) is 65.8 Å². The van der Waals surface area contributed by atoms with Crippen LogP contribution in [0.1, 0.15) is 45.4 Å². The van der Waals surface area contributed by atoms with Gasteiger partial charge in [-0.3, -0.25) is 0 Å². The van der Waals surface area contributed by atoms with Gasteiger partial charge in [-0.1, -0.05) is 43.2 Å². The molecule has 0 amide bonds. The van der Waals surface area contributed by atoms with Gasteiger partial charge >= 0.3 is 0 Å². The summed E-state index contributed by atoms with van der Waals surface area (Å²) in [5.41, 5.74) is 5.80. The predicted octanol–water partition coefficient (Wildman–Crippen LogP) is 6.04. The number of hydrogen-bond donors (Lipinski definition) is 0. The van der Waals surface area contributed by atoms with E-state index in [1.165, 1.54) is 0 Å². The molecule has 2 heteroatoms. The monoisotopic (exact) mass is 344 g/mol. The largest absolute Gasteiger partial charge is 0.455 e. The molecule has 5 rings (SSSR count). The average Bonchev–Trinajstić information content (AvgIpc) is 3.27. The molecule has 0 bridgehead atoms. The Hall–Kier alpha value is -2.61. The Balaban J connectivity index is 1.82. The summed E-state index contributed by atoms with van der Waals surface area (Å²) in [5, 5.41) is 2.22. The van der Waals surface area contributed by atoms with Gasteiger partial charge in [0.2, 0.25) is 5.69 Å². The molecule has 1 saturated carbocycles. The minimum absolute atomic E-state index is 0.456. The summed E-state index contributed by atoms with van der Waals surface area (Å²) in [6.07, 6.45) is 5.65. The molecule has 0 spiro atoms. The van der Waals surface area contributed by atoms with Crippen LogP contribution in [0.5, 0.6) is 0 Å². The van der Waals surface area contributed by atoms with Gasteiger partial charge in [0.1, 0.15) is 18.2 Å². The predicted molar refractivity (Wildman–Crippen MR) is 106 cm³/mol. The molecule has 26 heavy (non-hydrogen) atoms. The first-order chi connectivity index (χ1) is 13.5. The highest BCUT2D eigenvalue weighted by Crippen LogP contribution is 2.39. The second kappa shape index (κ2) is 5.98. The number of benzene rings is 2. The van der Waals surface area contributed by atoms with Crippen LogP contribution in [0.3, 0.4) is 0 Å². The summed E-state index contributed by atoms with van der Waals surface area (Å²) in [7, 11) is 1.98. The fourth-order valence-electron chi connectivity index (χ4n) is 4.25. The average molecular weight is 344 g/mol. The van der Waals surface area contributed by atoms with Crippen LogP contribution in [0, 0.1) is 6.92 Å². The van der Waals surface area contributed by atoms with Gasteiger partial charge in [0.15, 0.2) is 6.20 Å². The van der Waals surface area contributed by atoms with Gasteiger partial charge in [0, 0.05) is 24.3 Å². The summed E-state index contributed by atoms with van der Waals surface area (Å²) in [4.78, 5) is 0. The maximum atomic E-state index is 8.94. The third kappa shape index (κ3) is 2.36. The molecule has 1 aliphatic rings. The third-order valence-corrected chi connectivity index (χ3v) is 5.67. The number of aryl methyl sites for hydroxylation is 2. The number of para-hydroxylation sites is 1. The second-order valence-corrected chi connectivity index (χ2v) is 7.37. The van der Waals surface area contributed by atoms with Crippen LogP contribution < -0.4 is 4.57 Å². The standard InChI is InChI=1S/C24H24NO/c1-16-11-12-20-19-9-5-6-10-22(19)26-24(20)23(16)21-15-18(13-14-25(21)2)17-7-3-4-8-17/h5-6,9-15,17H,3-4,7-8H2,1-2H3/q+1/i13D,17D. The number of furan rings is 1. The van der Waals surface area contributed by atoms with Gasteiger partial charge in [-0.25, -0.2) is 4.57 Å². The quantitative estimate of drug-likeness (QED) is 0.405. The molecule has 0 radical (unpaired) electrons. The van der Waals surface area contributed by atoms with E-state index in [1.54, 1.807) is 0 Å². The Morgan fingerprint density at radius 2 is 1.92 bits per heavy atom. The molecular formula is C24H24NO+. The molecule has 0 aliphatic heterocycles. The summed E-state index contributed by atoms with van der Waals surface area (Å²) in [5.74, 6) is -0.643. The fourth-order valence-corrected chi connectivity index (χ4v) is 4.25. The first-order valence-electron chi connectivity index (χ1n) is 10.4. The van der Waals surface area contributed by atoms with Gasteiger partial charge in [-0.05, 0) is 42.9 Å². The molecule has 0 atom stereocenters. The van der Waals surface area contributed by atoms with Crippen molar-refractivity contribution in [3.63, 3.8) is 0 Å². The molecule has 2 nitrogen and oxygen atoms in total. The number of aromatic nitrogens is 1. The molecule has 2 aromatic carbocycles. The maximum absolute atomic E-state index is 8.94. The number of hydrogen-bond acceptors (Lipinski definition) is 1. The topological polar surface area (TPSA) is 17.0 Å². The highest BCUT2D eigenvalue weighted by molar-refractivity contribution is 6.09. The number of rotatable bonds is 2. The Kier molecular flexibility index (Phi) is 3.12. The third-order valence-electron chi connectivity index (χ3n) is 5.67. The van der Waals surface area contributed by atoms with Crippen molar-refractivity contribution in [2.24, 2.45) is 7.05 Å². The van der Waals surface area contributed by atoms with Crippen molar-refractivity contribution >= 4 is 21.9 Å². The summed E-state index contributed by atoms with van der Waals surface area (Å²) in [6.45, 7) is 2.10. The lowest BCUT2D eigenvalue weighted by atomic mass is 9.94. The number of nitrogens with zero attached hydrogens (tertiary/aromatic N) is 1. The zero-order valence-electron chi connectivity index (χ0n) is 17.3. The van der Waals surface area contributed by atoms with Crippen LogP contribution in [-0.2, 0) is 7.05 Å². The van der Waals surface area contributed by atoms with Crippen LogP contribution in [0.2, 0.25) is 0 Å². The molecule has 1 aliphatic carbocycles. The van der Waals surface area contributed by atoms with Crippen molar-refractivity contribution in [3.8, 4) is 11.3 Å². The zero-order chi connectivity index (χ0) is 19.5. The van der Waals surface area contributed by atoms with Gasteiger partial charge in [0.25, 0.3) is 0 Å². The molecule has 0 N–H and O–H groups in total. The van der Waals surface area contributed by atoms with Gasteiger partial charge < -0.3 is 4.42 Å². The van der Waals surface area contributed by atoms with E-state index in [0.717, 1.165) is 70.0 Å². The molecule has 0 saturated heterocycles. The van der Waals surface area contributed by atoms with Crippen LogP contribution in [0.4, 0.5) is 0 Å². The van der Waals surface area contributed by atoms with E-state index < -0.39 is 5.89 Å². The highest BCUT2D eigenvalue weighted by Gasteiger charge is 2.24. The first-order valence-corrected chi connectivity index (χ1v) is 9.40. The Bertz CT molecular complexity index is 1220. The van der Waals surface area contributed by atoms with Crippen LogP contribution in [0.15, 0.2) is 59.1 Å². The zero-order valence-corrected chi connectivity index (χ0v) is 15.3. The van der Waals surface area contributed by atoms with E-state index in [9.17, 15) is 0 Å². The lowest BCUT2D eigenvalue weighted by molar-refractivity contribution is -0.660. The summed E-state index contributed by atoms with van der Waals surface area (Å²) < 4.78 is 25.7. The Morgan fingerprint density at radius 3 is 2.77 bits per heavy atom. The normalized spacial score (nSPS) is 17.6. The van der Waals surface area contributed by atoms with E-state index in [1.807, 2.05) is 36.0 Å². The lowest BCUT2D eigenvalue weighted by Crippen LogP contribution is -2.31. The van der Waals surface area contributed by atoms with Crippen molar-refractivity contribution < 1.29 is 11.7 Å². The van der Waals surface area contributed by atoms with E-state index >= 15 is 0 Å². The molecular weight excluding hydrogens is 318 g/mol. The van der Waals surface area contributed by atoms with Crippen LogP contribution >= 0.6 is 0 Å². The Morgan fingerprint density at radius 1 is 1.12 bits per heavy atom. The maximum Gasteiger partial charge on any atom is 0.216 e. The van der Waals surface area contributed by atoms with Crippen molar-refractivity contribution in [2.75, 3.05) is 0 Å². The van der Waals surface area contributed by atoms with E-state index in [0.29, 0.717) is 6.04 Å². The molecule has 0 unspecified atom stereocenters. The molecule has 2 heterocycles. The lowest BCUT2D eigenvalue weighted by Gasteiger charge is -2.11. The second-order valence-electron chi connectivity index (χ2n) is 7.37. The van der Waals surface area contributed by atoms with Crippen molar-refractivity contribution in [2.45, 2.75) is 38.5 Å². The molecule has 130 valence electrons. The number of fused-ring (bicyclic) bond motifs is 3. The SMILES string of the molecule is [2H]c1c[n+](C)c(-c2c(C)ccc3c2oc2ccccc23)cc1C1([2H])CCCC1. The molecule has 2 aromatic heterocycles. The van der Waals surface area contributed by atoms with E-state index in [2.05, 4.69) is 31.2 Å². The van der Waals surface area contributed by atoms with Gasteiger partial charge in [-0.2, -0.15) is 0 Å². The summed E-state index contributed by atoms with van der Waals surface area (Å²) >= 11 is 0. The smallest absolute Gasteiger partial charge is 0.216 e. The first kappa shape index (κ1) is 13.6. The molecule has 4 aromatic rings. The van der Waals surface area contributed by atoms with Gasteiger partial charge in [0.05, 0.1) is 6.93 Å².